The van der Waals surface area contributed by atoms with E-state index in [4.69, 9.17) is 5.11 Å². The van der Waals surface area contributed by atoms with E-state index in [1.54, 1.807) is 24.3 Å². The fraction of sp³-hybridized carbons (Fsp3) is 0.500. The van der Waals surface area contributed by atoms with E-state index in [9.17, 15) is 13.2 Å². The first-order valence-electron chi connectivity index (χ1n) is 6.77. The highest BCUT2D eigenvalue weighted by Crippen LogP contribution is 2.33. The summed E-state index contributed by atoms with van der Waals surface area (Å²) in [7, 11) is -2.41. The maximum Gasteiger partial charge on any atom is 0.310 e. The molecule has 2 unspecified atom stereocenters. The first kappa shape index (κ1) is 15.8. The molecule has 6 nitrogen and oxygen atoms in total. The van der Waals surface area contributed by atoms with Crippen LogP contribution >= 0.6 is 0 Å². The van der Waals surface area contributed by atoms with E-state index in [-0.39, 0.29) is 6.61 Å². The van der Waals surface area contributed by atoms with Crippen molar-refractivity contribution in [3.63, 3.8) is 0 Å². The van der Waals surface area contributed by atoms with E-state index < -0.39 is 27.2 Å². The van der Waals surface area contributed by atoms with Crippen molar-refractivity contribution < 1.29 is 23.1 Å². The number of methoxy groups -OCH3 is 1. The molecule has 0 aromatic heterocycles. The molecule has 2 atom stereocenters. The third kappa shape index (κ3) is 3.54. The smallest absolute Gasteiger partial charge is 0.310 e. The number of aliphatic hydroxyl groups excluding tert-OH is 1. The Bertz CT molecular complexity index is 614. The Morgan fingerprint density at radius 3 is 2.86 bits per heavy atom. The van der Waals surface area contributed by atoms with E-state index in [1.165, 1.54) is 7.11 Å². The van der Waals surface area contributed by atoms with Crippen molar-refractivity contribution in [1.82, 2.24) is 0 Å². The van der Waals surface area contributed by atoms with Gasteiger partial charge in [0, 0.05) is 5.69 Å². The van der Waals surface area contributed by atoms with Gasteiger partial charge in [0.1, 0.15) is 0 Å². The Morgan fingerprint density at radius 1 is 1.43 bits per heavy atom. The number of benzene rings is 1. The van der Waals surface area contributed by atoms with Gasteiger partial charge >= 0.3 is 5.97 Å². The summed E-state index contributed by atoms with van der Waals surface area (Å²) < 4.78 is 32.1. The van der Waals surface area contributed by atoms with Crippen molar-refractivity contribution in [1.29, 1.82) is 0 Å². The van der Waals surface area contributed by atoms with Crippen molar-refractivity contribution >= 4 is 21.7 Å². The van der Waals surface area contributed by atoms with Crippen LogP contribution in [0.1, 0.15) is 24.8 Å². The molecule has 0 spiro atoms. The molecule has 0 bridgehead atoms. The number of aliphatic hydroxyl groups is 1. The van der Waals surface area contributed by atoms with Gasteiger partial charge in [-0.25, -0.2) is 8.42 Å². The molecule has 7 heteroatoms. The zero-order valence-corrected chi connectivity index (χ0v) is 12.6. The van der Waals surface area contributed by atoms with Gasteiger partial charge in [-0.15, -0.1) is 0 Å². The second kappa shape index (κ2) is 6.44. The molecule has 0 saturated heterocycles. The molecule has 1 aliphatic carbocycles. The number of carbonyl (C=O) groups is 1. The highest BCUT2D eigenvalue weighted by atomic mass is 32.2. The molecule has 1 saturated carbocycles. The summed E-state index contributed by atoms with van der Waals surface area (Å²) in [6, 6.07) is 6.54. The first-order chi connectivity index (χ1) is 9.97. The highest BCUT2D eigenvalue weighted by Gasteiger charge is 2.42. The van der Waals surface area contributed by atoms with Gasteiger partial charge in [0.15, 0.2) is 0 Å². The van der Waals surface area contributed by atoms with Gasteiger partial charge in [0.2, 0.25) is 10.0 Å². The number of hydrogen-bond donors (Lipinski definition) is 2. The van der Waals surface area contributed by atoms with Crippen molar-refractivity contribution in [2.45, 2.75) is 31.1 Å². The summed E-state index contributed by atoms with van der Waals surface area (Å²) in [6.07, 6.45) is 1.64. The Kier molecular flexibility index (Phi) is 4.84. The normalized spacial score (nSPS) is 22.0. The third-order valence-electron chi connectivity index (χ3n) is 3.72. The van der Waals surface area contributed by atoms with Gasteiger partial charge in [-0.2, -0.15) is 0 Å². The molecule has 0 amide bonds. The largest absolute Gasteiger partial charge is 0.469 e. The number of carbonyl (C=O) groups excluding carboxylic acids is 1. The van der Waals surface area contributed by atoms with Crippen LogP contribution in [-0.2, 0) is 26.2 Å². The van der Waals surface area contributed by atoms with Crippen LogP contribution in [0.25, 0.3) is 0 Å². The van der Waals surface area contributed by atoms with Gasteiger partial charge in [-0.1, -0.05) is 18.6 Å². The summed E-state index contributed by atoms with van der Waals surface area (Å²) in [5, 5.41) is 8.30. The summed E-state index contributed by atoms with van der Waals surface area (Å²) >= 11 is 0. The molecule has 116 valence electrons. The zero-order chi connectivity index (χ0) is 15.5. The standard InChI is InChI=1S/C14H19NO5S/c1-20-14(17)12-6-3-7-13(12)21(18,19)15-11-5-2-4-10(8-11)9-16/h2,4-5,8,12-13,15-16H,3,6-7,9H2,1H3. The summed E-state index contributed by atoms with van der Waals surface area (Å²) in [6.45, 7) is -0.163. The highest BCUT2D eigenvalue weighted by molar-refractivity contribution is 7.93. The average Bonchev–Trinajstić information content (AvgIpc) is 2.96. The molecule has 0 heterocycles. The Hall–Kier alpha value is -1.60. The Balaban J connectivity index is 2.19. The van der Waals surface area contributed by atoms with Crippen LogP contribution in [0.3, 0.4) is 0 Å². The molecule has 0 aliphatic heterocycles. The minimum atomic E-state index is -3.67. The van der Waals surface area contributed by atoms with Crippen LogP contribution in [0, 0.1) is 5.92 Å². The number of ether oxygens (including phenoxy) is 1. The van der Waals surface area contributed by atoms with Gasteiger partial charge in [-0.05, 0) is 30.5 Å². The average molecular weight is 313 g/mol. The number of hydrogen-bond acceptors (Lipinski definition) is 5. The maximum absolute atomic E-state index is 12.5. The Labute approximate surface area is 124 Å². The number of esters is 1. The minimum absolute atomic E-state index is 0.163. The molecule has 2 rings (SSSR count). The predicted octanol–water partition coefficient (Wildman–Crippen LogP) is 1.26. The van der Waals surface area contributed by atoms with Crippen LogP contribution in [0.2, 0.25) is 0 Å². The van der Waals surface area contributed by atoms with Crippen molar-refractivity contribution in [2.24, 2.45) is 5.92 Å². The van der Waals surface area contributed by atoms with E-state index in [2.05, 4.69) is 9.46 Å². The first-order valence-corrected chi connectivity index (χ1v) is 8.32. The lowest BCUT2D eigenvalue weighted by molar-refractivity contribution is -0.145. The second-order valence-electron chi connectivity index (χ2n) is 5.10. The van der Waals surface area contributed by atoms with E-state index in [1.807, 2.05) is 0 Å². The van der Waals surface area contributed by atoms with Crippen molar-refractivity contribution in [2.75, 3.05) is 11.8 Å². The topological polar surface area (TPSA) is 92.7 Å². The maximum atomic E-state index is 12.5. The van der Waals surface area contributed by atoms with Crippen LogP contribution in [0.4, 0.5) is 5.69 Å². The van der Waals surface area contributed by atoms with Crippen LogP contribution < -0.4 is 4.72 Å². The number of sulfonamides is 1. The fourth-order valence-electron chi connectivity index (χ4n) is 2.69. The fourth-order valence-corrected chi connectivity index (χ4v) is 4.46. The third-order valence-corrected chi connectivity index (χ3v) is 5.61. The zero-order valence-electron chi connectivity index (χ0n) is 11.8. The van der Waals surface area contributed by atoms with Gasteiger partial charge in [0.05, 0.1) is 24.9 Å². The summed E-state index contributed by atoms with van der Waals surface area (Å²) in [4.78, 5) is 11.7. The molecule has 1 aromatic rings. The van der Waals surface area contributed by atoms with E-state index in [0.29, 0.717) is 30.5 Å². The van der Waals surface area contributed by atoms with Crippen LogP contribution in [0.5, 0.6) is 0 Å². The van der Waals surface area contributed by atoms with Crippen LogP contribution in [-0.4, -0.2) is 31.9 Å². The summed E-state index contributed by atoms with van der Waals surface area (Å²) in [5.41, 5.74) is 1.00. The van der Waals surface area contributed by atoms with Crippen LogP contribution in [0.15, 0.2) is 24.3 Å². The van der Waals surface area contributed by atoms with Crippen molar-refractivity contribution in [3.05, 3.63) is 29.8 Å². The number of rotatable bonds is 5. The minimum Gasteiger partial charge on any atom is -0.469 e. The molecular formula is C14H19NO5S. The van der Waals surface area contributed by atoms with Gasteiger partial charge in [0.25, 0.3) is 0 Å². The molecule has 2 N–H and O–H groups in total. The lowest BCUT2D eigenvalue weighted by Crippen LogP contribution is -2.35. The van der Waals surface area contributed by atoms with Crippen molar-refractivity contribution in [3.8, 4) is 0 Å². The second-order valence-corrected chi connectivity index (χ2v) is 7.00. The summed E-state index contributed by atoms with van der Waals surface area (Å²) in [5.74, 6) is -1.10. The molecule has 21 heavy (non-hydrogen) atoms. The van der Waals surface area contributed by atoms with E-state index >= 15 is 0 Å². The molecule has 1 fully saturated rings. The molecule has 1 aliphatic rings. The monoisotopic (exact) mass is 313 g/mol. The quantitative estimate of drug-likeness (QED) is 0.798. The molecule has 0 radical (unpaired) electrons. The van der Waals surface area contributed by atoms with Gasteiger partial charge in [-0.3, -0.25) is 9.52 Å². The molecular weight excluding hydrogens is 294 g/mol. The molecule has 1 aromatic carbocycles. The SMILES string of the molecule is COC(=O)C1CCCC1S(=O)(=O)Nc1cccc(CO)c1. The van der Waals surface area contributed by atoms with Gasteiger partial charge < -0.3 is 9.84 Å². The lowest BCUT2D eigenvalue weighted by atomic mass is 10.1. The number of anilines is 1. The van der Waals surface area contributed by atoms with E-state index in [0.717, 1.165) is 0 Å². The number of nitrogens with one attached hydrogen (secondary N) is 1. The lowest BCUT2D eigenvalue weighted by Gasteiger charge is -2.19. The Morgan fingerprint density at radius 2 is 2.19 bits per heavy atom. The predicted molar refractivity (Wildman–Crippen MR) is 78.1 cm³/mol.